The Hall–Kier alpha value is -0.770. The largest absolute Gasteiger partial charge is 0.488 e. The molecule has 4 heteroatoms. The van der Waals surface area contributed by atoms with E-state index in [2.05, 4.69) is 10.2 Å². The highest BCUT2D eigenvalue weighted by molar-refractivity contribution is 6.32. The fourth-order valence-corrected chi connectivity index (χ4v) is 3.62. The molecule has 2 fully saturated rings. The molecule has 0 amide bonds. The highest BCUT2D eigenvalue weighted by Crippen LogP contribution is 2.26. The van der Waals surface area contributed by atoms with Gasteiger partial charge in [-0.25, -0.2) is 0 Å². The summed E-state index contributed by atoms with van der Waals surface area (Å²) in [4.78, 5) is 2.57. The van der Waals surface area contributed by atoms with Crippen LogP contribution in [-0.2, 0) is 0 Å². The molecule has 116 valence electrons. The predicted molar refractivity (Wildman–Crippen MR) is 87.1 cm³/mol. The molecule has 2 aliphatic heterocycles. The minimum Gasteiger partial charge on any atom is -0.488 e. The monoisotopic (exact) mass is 308 g/mol. The Kier molecular flexibility index (Phi) is 5.39. The number of rotatable bonds is 4. The zero-order valence-corrected chi connectivity index (χ0v) is 13.3. The van der Waals surface area contributed by atoms with Crippen molar-refractivity contribution in [3.8, 4) is 5.75 Å². The summed E-state index contributed by atoms with van der Waals surface area (Å²) >= 11 is 6.19. The first-order valence-electron chi connectivity index (χ1n) is 8.15. The van der Waals surface area contributed by atoms with Gasteiger partial charge in [0.25, 0.3) is 0 Å². The fourth-order valence-electron chi connectivity index (χ4n) is 3.44. The van der Waals surface area contributed by atoms with E-state index in [1.54, 1.807) is 0 Å². The Morgan fingerprint density at radius 1 is 1.24 bits per heavy atom. The van der Waals surface area contributed by atoms with E-state index in [1.165, 1.54) is 45.4 Å². The van der Waals surface area contributed by atoms with Crippen LogP contribution in [0.3, 0.4) is 0 Å². The van der Waals surface area contributed by atoms with Crippen LogP contribution >= 0.6 is 11.6 Å². The summed E-state index contributed by atoms with van der Waals surface area (Å²) in [5, 5.41) is 4.22. The molecular formula is C17H25ClN2O. The Morgan fingerprint density at radius 2 is 2.14 bits per heavy atom. The molecule has 0 bridgehead atoms. The lowest BCUT2D eigenvalue weighted by Crippen LogP contribution is -2.45. The topological polar surface area (TPSA) is 24.5 Å². The smallest absolute Gasteiger partial charge is 0.138 e. The summed E-state index contributed by atoms with van der Waals surface area (Å²) in [7, 11) is 0. The van der Waals surface area contributed by atoms with Gasteiger partial charge in [0, 0.05) is 13.1 Å². The first-order valence-corrected chi connectivity index (χ1v) is 8.53. The molecule has 0 saturated carbocycles. The number of piperidine rings is 2. The summed E-state index contributed by atoms with van der Waals surface area (Å²) in [6, 6.07) is 7.78. The van der Waals surface area contributed by atoms with Gasteiger partial charge in [-0.2, -0.15) is 0 Å². The summed E-state index contributed by atoms with van der Waals surface area (Å²) < 4.78 is 6.12. The lowest BCUT2D eigenvalue weighted by Gasteiger charge is -2.36. The van der Waals surface area contributed by atoms with Gasteiger partial charge in [0.2, 0.25) is 0 Å². The number of hydrogen-bond acceptors (Lipinski definition) is 3. The number of likely N-dealkylation sites (tertiary alicyclic amines) is 1. The number of para-hydroxylation sites is 1. The van der Waals surface area contributed by atoms with Crippen molar-refractivity contribution in [2.75, 3.05) is 32.7 Å². The van der Waals surface area contributed by atoms with Crippen LogP contribution in [0.15, 0.2) is 24.3 Å². The number of benzene rings is 1. The van der Waals surface area contributed by atoms with E-state index >= 15 is 0 Å². The Morgan fingerprint density at radius 3 is 2.95 bits per heavy atom. The maximum absolute atomic E-state index is 6.19. The van der Waals surface area contributed by atoms with E-state index in [0.29, 0.717) is 5.02 Å². The van der Waals surface area contributed by atoms with Crippen LogP contribution in [0.2, 0.25) is 5.02 Å². The molecule has 2 saturated heterocycles. The molecule has 21 heavy (non-hydrogen) atoms. The summed E-state index contributed by atoms with van der Waals surface area (Å²) in [6.07, 6.45) is 5.30. The van der Waals surface area contributed by atoms with Crippen LogP contribution in [0.25, 0.3) is 0 Å². The van der Waals surface area contributed by atoms with Gasteiger partial charge in [0.05, 0.1) is 5.02 Å². The predicted octanol–water partition coefficient (Wildman–Crippen LogP) is 3.18. The fraction of sp³-hybridized carbons (Fsp3) is 0.647. The molecule has 3 rings (SSSR count). The molecule has 2 aliphatic rings. The van der Waals surface area contributed by atoms with Crippen molar-refractivity contribution in [3.05, 3.63) is 29.3 Å². The Labute approximate surface area is 132 Å². The van der Waals surface area contributed by atoms with Crippen molar-refractivity contribution >= 4 is 11.6 Å². The molecule has 0 aliphatic carbocycles. The first kappa shape index (κ1) is 15.1. The van der Waals surface area contributed by atoms with Crippen molar-refractivity contribution in [3.63, 3.8) is 0 Å². The summed E-state index contributed by atoms with van der Waals surface area (Å²) in [5.41, 5.74) is 0. The molecular weight excluding hydrogens is 284 g/mol. The van der Waals surface area contributed by atoms with Crippen molar-refractivity contribution in [1.82, 2.24) is 10.2 Å². The van der Waals surface area contributed by atoms with Gasteiger partial charge in [0.15, 0.2) is 0 Å². The normalized spacial score (nSPS) is 27.5. The third-order valence-electron chi connectivity index (χ3n) is 4.51. The van der Waals surface area contributed by atoms with E-state index in [1.807, 2.05) is 24.3 Å². The zero-order valence-electron chi connectivity index (χ0n) is 12.6. The number of ether oxygens (including phenoxy) is 1. The number of halogens is 1. The van der Waals surface area contributed by atoms with Gasteiger partial charge in [-0.15, -0.1) is 0 Å². The number of nitrogens with one attached hydrogen (secondary N) is 1. The van der Waals surface area contributed by atoms with E-state index in [0.717, 1.165) is 24.6 Å². The molecule has 0 aromatic heterocycles. The van der Waals surface area contributed by atoms with Crippen molar-refractivity contribution in [2.24, 2.45) is 5.92 Å². The molecule has 0 radical (unpaired) electrons. The third-order valence-corrected chi connectivity index (χ3v) is 4.82. The van der Waals surface area contributed by atoms with Gasteiger partial charge in [0.1, 0.15) is 11.9 Å². The second-order valence-electron chi connectivity index (χ2n) is 6.28. The molecule has 0 spiro atoms. The zero-order chi connectivity index (χ0) is 14.5. The second kappa shape index (κ2) is 7.48. The maximum Gasteiger partial charge on any atom is 0.138 e. The number of nitrogens with zero attached hydrogens (tertiary/aromatic N) is 1. The van der Waals surface area contributed by atoms with E-state index in [-0.39, 0.29) is 6.10 Å². The third kappa shape index (κ3) is 4.35. The van der Waals surface area contributed by atoms with Crippen molar-refractivity contribution in [2.45, 2.75) is 31.8 Å². The van der Waals surface area contributed by atoms with Crippen LogP contribution in [-0.4, -0.2) is 43.7 Å². The molecule has 3 nitrogen and oxygen atoms in total. The molecule has 1 aromatic carbocycles. The average molecular weight is 309 g/mol. The van der Waals surface area contributed by atoms with Gasteiger partial charge in [-0.05, 0) is 63.4 Å². The molecule has 2 heterocycles. The van der Waals surface area contributed by atoms with Crippen LogP contribution < -0.4 is 10.1 Å². The van der Waals surface area contributed by atoms with E-state index in [4.69, 9.17) is 16.3 Å². The molecule has 2 unspecified atom stereocenters. The minimum atomic E-state index is 0.273. The van der Waals surface area contributed by atoms with Gasteiger partial charge >= 0.3 is 0 Å². The van der Waals surface area contributed by atoms with E-state index < -0.39 is 0 Å². The van der Waals surface area contributed by atoms with Gasteiger partial charge < -0.3 is 10.1 Å². The van der Waals surface area contributed by atoms with Gasteiger partial charge in [-0.3, -0.25) is 4.90 Å². The quantitative estimate of drug-likeness (QED) is 0.924. The molecule has 1 N–H and O–H groups in total. The SMILES string of the molecule is Clc1ccccc1OC1CCCN(CC2CCCNC2)C1. The highest BCUT2D eigenvalue weighted by Gasteiger charge is 2.24. The number of hydrogen-bond donors (Lipinski definition) is 1. The standard InChI is InChI=1S/C17H25ClN2O/c18-16-7-1-2-8-17(16)21-15-6-4-10-20(13-15)12-14-5-3-9-19-11-14/h1-2,7-8,14-15,19H,3-6,9-13H2. The highest BCUT2D eigenvalue weighted by atomic mass is 35.5. The molecule has 2 atom stereocenters. The second-order valence-corrected chi connectivity index (χ2v) is 6.69. The summed E-state index contributed by atoms with van der Waals surface area (Å²) in [5.74, 6) is 1.63. The Balaban J connectivity index is 1.52. The average Bonchev–Trinajstić information content (AvgIpc) is 2.51. The first-order chi connectivity index (χ1) is 10.3. The summed E-state index contributed by atoms with van der Waals surface area (Å²) in [6.45, 7) is 5.80. The van der Waals surface area contributed by atoms with Crippen molar-refractivity contribution in [1.29, 1.82) is 0 Å². The lowest BCUT2D eigenvalue weighted by molar-refractivity contribution is 0.0754. The van der Waals surface area contributed by atoms with Crippen molar-refractivity contribution < 1.29 is 4.74 Å². The van der Waals surface area contributed by atoms with Crippen LogP contribution in [0.5, 0.6) is 5.75 Å². The van der Waals surface area contributed by atoms with E-state index in [9.17, 15) is 0 Å². The maximum atomic E-state index is 6.19. The minimum absolute atomic E-state index is 0.273. The lowest BCUT2D eigenvalue weighted by atomic mass is 9.97. The van der Waals surface area contributed by atoms with Crippen LogP contribution in [0.4, 0.5) is 0 Å². The van der Waals surface area contributed by atoms with Crippen LogP contribution in [0.1, 0.15) is 25.7 Å². The van der Waals surface area contributed by atoms with Crippen LogP contribution in [0, 0.1) is 5.92 Å². The molecule has 1 aromatic rings. The van der Waals surface area contributed by atoms with Gasteiger partial charge in [-0.1, -0.05) is 23.7 Å². The Bertz CT molecular complexity index is 448.